The summed E-state index contributed by atoms with van der Waals surface area (Å²) in [7, 11) is 0. The van der Waals surface area contributed by atoms with Gasteiger partial charge in [0, 0.05) is 28.5 Å². The zero-order chi connectivity index (χ0) is 22.2. The monoisotopic (exact) mass is 464 g/mol. The Morgan fingerprint density at radius 1 is 1.00 bits per heavy atom. The van der Waals surface area contributed by atoms with E-state index in [1.807, 2.05) is 6.92 Å². The smallest absolute Gasteiger partial charge is 0.277 e. The quantitative estimate of drug-likeness (QED) is 0.362. The van der Waals surface area contributed by atoms with E-state index in [2.05, 4.69) is 59.1 Å². The number of nitrogens with zero attached hydrogens (tertiary/aromatic N) is 1. The number of benzene rings is 3. The van der Waals surface area contributed by atoms with Crippen molar-refractivity contribution in [2.45, 2.75) is 25.2 Å². The molecule has 162 valence electrons. The summed E-state index contributed by atoms with van der Waals surface area (Å²) in [5, 5.41) is 5.32. The maximum Gasteiger partial charge on any atom is 0.277 e. The van der Waals surface area contributed by atoms with Crippen molar-refractivity contribution in [2.75, 3.05) is 6.61 Å². The zero-order valence-electron chi connectivity index (χ0n) is 17.5. The molecule has 4 nitrogen and oxygen atoms in total. The lowest BCUT2D eigenvalue weighted by atomic mass is 9.58. The largest absolute Gasteiger partial charge is 0.482 e. The summed E-state index contributed by atoms with van der Waals surface area (Å²) in [5.74, 6) is 0.907. The fourth-order valence-electron chi connectivity index (χ4n) is 5.05. The van der Waals surface area contributed by atoms with Crippen LogP contribution < -0.4 is 10.2 Å². The second kappa shape index (κ2) is 8.61. The average Bonchev–Trinajstić information content (AvgIpc) is 2.82. The van der Waals surface area contributed by atoms with Gasteiger partial charge in [0.1, 0.15) is 5.75 Å². The molecular weight excluding hydrogens is 443 g/mol. The van der Waals surface area contributed by atoms with Crippen molar-refractivity contribution in [1.82, 2.24) is 5.43 Å². The number of fused-ring (bicyclic) bond motifs is 1. The van der Waals surface area contributed by atoms with Gasteiger partial charge in [0.15, 0.2) is 6.61 Å². The van der Waals surface area contributed by atoms with Crippen molar-refractivity contribution < 1.29 is 9.53 Å². The Hall–Kier alpha value is -2.82. The molecule has 6 heteroatoms. The molecule has 1 N–H and O–H groups in total. The predicted molar refractivity (Wildman–Crippen MR) is 128 cm³/mol. The van der Waals surface area contributed by atoms with E-state index in [1.165, 1.54) is 22.3 Å². The van der Waals surface area contributed by atoms with Crippen LogP contribution in [0.5, 0.6) is 5.75 Å². The maximum atomic E-state index is 12.3. The normalized spacial score (nSPS) is 21.0. The van der Waals surface area contributed by atoms with Crippen molar-refractivity contribution in [1.29, 1.82) is 0 Å². The Balaban J connectivity index is 1.31. The van der Waals surface area contributed by atoms with Crippen LogP contribution in [0.3, 0.4) is 0 Å². The second-order valence-electron chi connectivity index (χ2n) is 8.28. The van der Waals surface area contributed by atoms with Crippen LogP contribution in [0.15, 0.2) is 71.8 Å². The predicted octanol–water partition coefficient (Wildman–Crippen LogP) is 6.16. The number of amides is 1. The van der Waals surface area contributed by atoms with Crippen molar-refractivity contribution in [3.63, 3.8) is 0 Å². The molecule has 32 heavy (non-hydrogen) atoms. The van der Waals surface area contributed by atoms with E-state index in [0.717, 1.165) is 12.1 Å². The van der Waals surface area contributed by atoms with E-state index in [1.54, 1.807) is 18.2 Å². The van der Waals surface area contributed by atoms with Crippen LogP contribution in [0.4, 0.5) is 0 Å². The fourth-order valence-corrected chi connectivity index (χ4v) is 5.51. The molecule has 0 saturated carbocycles. The van der Waals surface area contributed by atoms with Crippen LogP contribution in [0.1, 0.15) is 47.4 Å². The molecule has 3 aliphatic rings. The molecule has 6 rings (SSSR count). The van der Waals surface area contributed by atoms with Crippen LogP contribution in [-0.4, -0.2) is 18.2 Å². The van der Waals surface area contributed by atoms with Gasteiger partial charge in [0.25, 0.3) is 5.91 Å². The van der Waals surface area contributed by atoms with Gasteiger partial charge in [-0.15, -0.1) is 0 Å². The summed E-state index contributed by atoms with van der Waals surface area (Å²) >= 11 is 12.0. The van der Waals surface area contributed by atoms with E-state index in [4.69, 9.17) is 27.9 Å². The Labute approximate surface area is 197 Å². The highest BCUT2D eigenvalue weighted by molar-refractivity contribution is 6.35. The molecule has 3 aromatic rings. The third-order valence-electron chi connectivity index (χ3n) is 6.45. The number of carbonyl (C=O) groups is 1. The van der Waals surface area contributed by atoms with Crippen LogP contribution in [0.25, 0.3) is 0 Å². The van der Waals surface area contributed by atoms with Crippen molar-refractivity contribution >= 4 is 34.8 Å². The lowest BCUT2D eigenvalue weighted by molar-refractivity contribution is -0.123. The highest BCUT2D eigenvalue weighted by atomic mass is 35.5. The van der Waals surface area contributed by atoms with Gasteiger partial charge < -0.3 is 4.74 Å². The number of halogens is 2. The molecule has 0 aromatic heterocycles. The molecule has 3 aliphatic carbocycles. The van der Waals surface area contributed by atoms with Crippen LogP contribution >= 0.6 is 23.2 Å². The number of hydrogen-bond donors (Lipinski definition) is 1. The topological polar surface area (TPSA) is 50.7 Å². The highest BCUT2D eigenvalue weighted by Gasteiger charge is 2.44. The summed E-state index contributed by atoms with van der Waals surface area (Å²) in [6, 6.07) is 22.3. The summed E-state index contributed by atoms with van der Waals surface area (Å²) in [5.41, 5.74) is 9.13. The zero-order valence-corrected chi connectivity index (χ0v) is 19.0. The molecule has 0 radical (unpaired) electrons. The van der Waals surface area contributed by atoms with E-state index >= 15 is 0 Å². The summed E-state index contributed by atoms with van der Waals surface area (Å²) in [6.45, 7) is 1.81. The first-order valence-electron chi connectivity index (χ1n) is 10.6. The van der Waals surface area contributed by atoms with Gasteiger partial charge in [0.2, 0.25) is 0 Å². The number of nitrogens with one attached hydrogen (secondary N) is 1. The lowest BCUT2D eigenvalue weighted by Crippen LogP contribution is -2.36. The first-order valence-corrected chi connectivity index (χ1v) is 11.4. The molecule has 3 aromatic carbocycles. The standard InChI is InChI=1S/C26H22Cl2N2O2/c1-15(29-30-25(31)14-32-24-11-10-16(27)12-23(24)28)21-13-22-17-6-2-4-8-19(17)26(21)20-9-5-3-7-18(20)22/h2-12,21-22,26H,13-14H2,1H3,(H,30,31). The fraction of sp³-hybridized carbons (Fsp3) is 0.231. The number of ether oxygens (including phenoxy) is 1. The molecule has 0 spiro atoms. The highest BCUT2D eigenvalue weighted by Crippen LogP contribution is 2.55. The first-order chi connectivity index (χ1) is 15.5. The van der Waals surface area contributed by atoms with Gasteiger partial charge >= 0.3 is 0 Å². The van der Waals surface area contributed by atoms with E-state index in [0.29, 0.717) is 21.7 Å². The van der Waals surface area contributed by atoms with Gasteiger partial charge in [-0.05, 0) is 53.8 Å². The summed E-state index contributed by atoms with van der Waals surface area (Å²) < 4.78 is 5.50. The SMILES string of the molecule is CC(=NNC(=O)COc1ccc(Cl)cc1Cl)C1CC2c3ccccc3C1c1ccccc12. The van der Waals surface area contributed by atoms with E-state index in [-0.39, 0.29) is 24.3 Å². The van der Waals surface area contributed by atoms with Crippen LogP contribution in [0.2, 0.25) is 10.0 Å². The number of hydrogen-bond acceptors (Lipinski definition) is 3. The molecule has 0 saturated heterocycles. The van der Waals surface area contributed by atoms with Crippen molar-refractivity contribution in [2.24, 2.45) is 11.0 Å². The van der Waals surface area contributed by atoms with Crippen LogP contribution in [-0.2, 0) is 4.79 Å². The molecular formula is C26H22Cl2N2O2. The van der Waals surface area contributed by atoms with Crippen molar-refractivity contribution in [3.05, 3.63) is 99.0 Å². The number of hydrazone groups is 1. The summed E-state index contributed by atoms with van der Waals surface area (Å²) in [6.07, 6.45) is 0.987. The molecule has 2 bridgehead atoms. The Morgan fingerprint density at radius 3 is 2.25 bits per heavy atom. The Bertz CT molecular complexity index is 1180. The van der Waals surface area contributed by atoms with Crippen molar-refractivity contribution in [3.8, 4) is 5.75 Å². The molecule has 0 aliphatic heterocycles. The molecule has 1 unspecified atom stereocenters. The minimum atomic E-state index is -0.336. The summed E-state index contributed by atoms with van der Waals surface area (Å²) in [4.78, 5) is 12.3. The third-order valence-corrected chi connectivity index (χ3v) is 6.98. The molecule has 1 amide bonds. The third kappa shape index (κ3) is 3.78. The molecule has 1 atom stereocenters. The second-order valence-corrected chi connectivity index (χ2v) is 9.13. The number of rotatable bonds is 5. The van der Waals surface area contributed by atoms with Gasteiger partial charge in [-0.1, -0.05) is 71.7 Å². The van der Waals surface area contributed by atoms with Gasteiger partial charge in [-0.3, -0.25) is 4.79 Å². The van der Waals surface area contributed by atoms with Crippen LogP contribution in [0, 0.1) is 5.92 Å². The van der Waals surface area contributed by atoms with Gasteiger partial charge in [-0.2, -0.15) is 5.10 Å². The van der Waals surface area contributed by atoms with E-state index < -0.39 is 0 Å². The molecule has 0 fully saturated rings. The van der Waals surface area contributed by atoms with Gasteiger partial charge in [0.05, 0.1) is 5.02 Å². The molecule has 0 heterocycles. The lowest BCUT2D eigenvalue weighted by Gasteiger charge is -2.45. The van der Waals surface area contributed by atoms with Gasteiger partial charge in [-0.25, -0.2) is 5.43 Å². The first kappa shape index (κ1) is 21.0. The number of carbonyl (C=O) groups excluding carboxylic acids is 1. The maximum absolute atomic E-state index is 12.3. The average molecular weight is 465 g/mol. The van der Waals surface area contributed by atoms with E-state index in [9.17, 15) is 4.79 Å². The Kier molecular flexibility index (Phi) is 5.66. The Morgan fingerprint density at radius 2 is 1.62 bits per heavy atom. The minimum absolute atomic E-state index is 0.180. The minimum Gasteiger partial charge on any atom is -0.482 e.